The average Bonchev–Trinajstić information content (AvgIpc) is 2.67. The van der Waals surface area contributed by atoms with Gasteiger partial charge in [0.05, 0.1) is 17.0 Å². The number of Topliss-reactive ketones (excluding diaryl/α,β-unsaturated/α-hetero) is 1. The van der Waals surface area contributed by atoms with Crippen molar-refractivity contribution in [2.24, 2.45) is 0 Å². The van der Waals surface area contributed by atoms with E-state index in [1.807, 2.05) is 31.2 Å². The Balaban J connectivity index is 1.73. The molecule has 0 spiro atoms. The van der Waals surface area contributed by atoms with Gasteiger partial charge in [-0.25, -0.2) is 9.97 Å². The van der Waals surface area contributed by atoms with Crippen molar-refractivity contribution in [3.63, 3.8) is 0 Å². The number of benzene rings is 2. The van der Waals surface area contributed by atoms with Gasteiger partial charge in [0.15, 0.2) is 10.9 Å². The third-order valence-electron chi connectivity index (χ3n) is 3.84. The predicted octanol–water partition coefficient (Wildman–Crippen LogP) is 4.00. The fourth-order valence-electron chi connectivity index (χ4n) is 2.64. The molecule has 0 aliphatic heterocycles. The van der Waals surface area contributed by atoms with Crippen LogP contribution in [0.5, 0.6) is 0 Å². The number of hydrogen-bond acceptors (Lipinski definition) is 6. The van der Waals surface area contributed by atoms with E-state index in [1.54, 1.807) is 24.3 Å². The number of hydrogen-bond donors (Lipinski definition) is 2. The molecule has 3 rings (SSSR count). The SMILES string of the molecule is CCNc1nc(SCC(=O)Nc2ccccc2C(C)=O)nc2ccccc12. The number of rotatable bonds is 7. The van der Waals surface area contributed by atoms with Crippen molar-refractivity contribution < 1.29 is 9.59 Å². The maximum atomic E-state index is 12.3. The number of carbonyl (C=O) groups is 2. The average molecular weight is 380 g/mol. The van der Waals surface area contributed by atoms with E-state index in [4.69, 9.17) is 0 Å². The van der Waals surface area contributed by atoms with Crippen molar-refractivity contribution >= 4 is 45.9 Å². The molecule has 6 nitrogen and oxygen atoms in total. The van der Waals surface area contributed by atoms with Gasteiger partial charge in [0.1, 0.15) is 5.82 Å². The number of thioether (sulfide) groups is 1. The van der Waals surface area contributed by atoms with Crippen molar-refractivity contribution in [3.05, 3.63) is 54.1 Å². The molecule has 3 aromatic rings. The second-order valence-electron chi connectivity index (χ2n) is 5.84. The van der Waals surface area contributed by atoms with E-state index in [1.165, 1.54) is 18.7 Å². The second-order valence-corrected chi connectivity index (χ2v) is 6.78. The van der Waals surface area contributed by atoms with Crippen LogP contribution >= 0.6 is 11.8 Å². The largest absolute Gasteiger partial charge is 0.370 e. The van der Waals surface area contributed by atoms with Crippen LogP contribution in [-0.2, 0) is 4.79 Å². The molecule has 7 heteroatoms. The predicted molar refractivity (Wildman–Crippen MR) is 110 cm³/mol. The van der Waals surface area contributed by atoms with E-state index in [2.05, 4.69) is 20.6 Å². The van der Waals surface area contributed by atoms with Gasteiger partial charge in [0, 0.05) is 17.5 Å². The smallest absolute Gasteiger partial charge is 0.234 e. The first-order valence-corrected chi connectivity index (χ1v) is 9.60. The van der Waals surface area contributed by atoms with Gasteiger partial charge in [-0.15, -0.1) is 0 Å². The highest BCUT2D eigenvalue weighted by Crippen LogP contribution is 2.24. The lowest BCUT2D eigenvalue weighted by Gasteiger charge is -2.10. The van der Waals surface area contributed by atoms with Gasteiger partial charge in [-0.1, -0.05) is 36.0 Å². The molecule has 2 N–H and O–H groups in total. The quantitative estimate of drug-likeness (QED) is 0.366. The number of amides is 1. The molecule has 0 unspecified atom stereocenters. The summed E-state index contributed by atoms with van der Waals surface area (Å²) >= 11 is 1.26. The van der Waals surface area contributed by atoms with Crippen molar-refractivity contribution in [3.8, 4) is 0 Å². The summed E-state index contributed by atoms with van der Waals surface area (Å²) < 4.78 is 0. The molecular weight excluding hydrogens is 360 g/mol. The number of aromatic nitrogens is 2. The number of para-hydroxylation sites is 2. The summed E-state index contributed by atoms with van der Waals surface area (Å²) in [4.78, 5) is 33.0. The Morgan fingerprint density at radius 3 is 2.56 bits per heavy atom. The Hall–Kier alpha value is -2.93. The lowest BCUT2D eigenvalue weighted by Crippen LogP contribution is -2.16. The van der Waals surface area contributed by atoms with Crippen molar-refractivity contribution in [2.75, 3.05) is 22.9 Å². The van der Waals surface area contributed by atoms with Crippen molar-refractivity contribution in [1.82, 2.24) is 9.97 Å². The number of ketones is 1. The molecule has 0 atom stereocenters. The van der Waals surface area contributed by atoms with Gasteiger partial charge in [-0.05, 0) is 38.1 Å². The van der Waals surface area contributed by atoms with Crippen LogP contribution in [0.2, 0.25) is 0 Å². The van der Waals surface area contributed by atoms with E-state index in [-0.39, 0.29) is 17.4 Å². The molecule has 0 aliphatic rings. The zero-order valence-corrected chi connectivity index (χ0v) is 16.0. The van der Waals surface area contributed by atoms with Gasteiger partial charge < -0.3 is 10.6 Å². The topological polar surface area (TPSA) is 84.0 Å². The Kier molecular flexibility index (Phi) is 6.03. The number of nitrogens with one attached hydrogen (secondary N) is 2. The molecule has 0 saturated carbocycles. The Morgan fingerprint density at radius 1 is 1.04 bits per heavy atom. The Morgan fingerprint density at radius 2 is 1.78 bits per heavy atom. The van der Waals surface area contributed by atoms with Crippen LogP contribution in [-0.4, -0.2) is 34.0 Å². The first-order chi connectivity index (χ1) is 13.1. The van der Waals surface area contributed by atoms with Gasteiger partial charge in [0.25, 0.3) is 0 Å². The molecular formula is C20H20N4O2S. The molecule has 138 valence electrons. The zero-order valence-electron chi connectivity index (χ0n) is 15.2. The molecule has 1 amide bonds. The summed E-state index contributed by atoms with van der Waals surface area (Å²) in [6.07, 6.45) is 0. The number of nitrogens with zero attached hydrogens (tertiary/aromatic N) is 2. The van der Waals surface area contributed by atoms with Crippen LogP contribution in [0.1, 0.15) is 24.2 Å². The monoisotopic (exact) mass is 380 g/mol. The summed E-state index contributed by atoms with van der Waals surface area (Å²) in [5.74, 6) is 0.603. The number of carbonyl (C=O) groups excluding carboxylic acids is 2. The van der Waals surface area contributed by atoms with Crippen LogP contribution in [0, 0.1) is 0 Å². The van der Waals surface area contributed by atoms with Crippen LogP contribution < -0.4 is 10.6 Å². The molecule has 1 heterocycles. The minimum absolute atomic E-state index is 0.0910. The van der Waals surface area contributed by atoms with Gasteiger partial charge in [0.2, 0.25) is 5.91 Å². The summed E-state index contributed by atoms with van der Waals surface area (Å²) in [6.45, 7) is 4.22. The van der Waals surface area contributed by atoms with Crippen LogP contribution in [0.15, 0.2) is 53.7 Å². The molecule has 0 bridgehead atoms. The molecule has 0 aliphatic carbocycles. The van der Waals surface area contributed by atoms with Crippen LogP contribution in [0.3, 0.4) is 0 Å². The highest BCUT2D eigenvalue weighted by atomic mass is 32.2. The third-order valence-corrected chi connectivity index (χ3v) is 4.69. The molecule has 0 saturated heterocycles. The fraction of sp³-hybridized carbons (Fsp3) is 0.200. The van der Waals surface area contributed by atoms with Gasteiger partial charge in [-0.3, -0.25) is 9.59 Å². The molecule has 0 fully saturated rings. The molecule has 2 aromatic carbocycles. The zero-order chi connectivity index (χ0) is 19.2. The van der Waals surface area contributed by atoms with E-state index in [0.29, 0.717) is 16.4 Å². The van der Waals surface area contributed by atoms with Crippen molar-refractivity contribution in [1.29, 1.82) is 0 Å². The summed E-state index contributed by atoms with van der Waals surface area (Å²) in [5.41, 5.74) is 1.84. The van der Waals surface area contributed by atoms with Crippen LogP contribution in [0.4, 0.5) is 11.5 Å². The maximum absolute atomic E-state index is 12.3. The number of fused-ring (bicyclic) bond motifs is 1. The first-order valence-electron chi connectivity index (χ1n) is 8.61. The summed E-state index contributed by atoms with van der Waals surface area (Å²) in [7, 11) is 0. The standard InChI is InChI=1S/C20H20N4O2S/c1-3-21-19-15-9-5-7-11-17(15)23-20(24-19)27-12-18(26)22-16-10-6-4-8-14(16)13(2)25/h4-11H,3,12H2,1-2H3,(H,22,26)(H,21,23,24). The molecule has 1 aromatic heterocycles. The van der Waals surface area contributed by atoms with Crippen LogP contribution in [0.25, 0.3) is 10.9 Å². The van der Waals surface area contributed by atoms with Gasteiger partial charge >= 0.3 is 0 Å². The van der Waals surface area contributed by atoms with E-state index < -0.39 is 0 Å². The van der Waals surface area contributed by atoms with E-state index >= 15 is 0 Å². The Bertz CT molecular complexity index is 991. The minimum atomic E-state index is -0.213. The van der Waals surface area contributed by atoms with E-state index in [9.17, 15) is 9.59 Å². The highest BCUT2D eigenvalue weighted by molar-refractivity contribution is 7.99. The first kappa shape index (κ1) is 18.8. The molecule has 27 heavy (non-hydrogen) atoms. The fourth-order valence-corrected chi connectivity index (χ4v) is 3.29. The van der Waals surface area contributed by atoms with E-state index in [0.717, 1.165) is 23.3 Å². The normalized spacial score (nSPS) is 10.6. The maximum Gasteiger partial charge on any atom is 0.234 e. The highest BCUT2D eigenvalue weighted by Gasteiger charge is 2.12. The van der Waals surface area contributed by atoms with Gasteiger partial charge in [-0.2, -0.15) is 0 Å². The Labute approximate surface area is 161 Å². The lowest BCUT2D eigenvalue weighted by atomic mass is 10.1. The lowest BCUT2D eigenvalue weighted by molar-refractivity contribution is -0.113. The minimum Gasteiger partial charge on any atom is -0.370 e. The number of anilines is 2. The third kappa shape index (κ3) is 4.62. The summed E-state index contributed by atoms with van der Waals surface area (Å²) in [5, 5.41) is 7.50. The van der Waals surface area contributed by atoms with Crippen molar-refractivity contribution in [2.45, 2.75) is 19.0 Å². The second kappa shape index (κ2) is 8.64. The summed E-state index contributed by atoms with van der Waals surface area (Å²) in [6, 6.07) is 14.7. The molecule has 0 radical (unpaired) electrons.